The summed E-state index contributed by atoms with van der Waals surface area (Å²) < 4.78 is 0. The van der Waals surface area contributed by atoms with Crippen LogP contribution in [0.15, 0.2) is 0 Å². The third-order valence-corrected chi connectivity index (χ3v) is 4.78. The van der Waals surface area contributed by atoms with E-state index in [9.17, 15) is 5.11 Å². The highest BCUT2D eigenvalue weighted by atomic mass is 16.3. The first-order valence-electron chi connectivity index (χ1n) is 7.48. The molecule has 2 saturated carbocycles. The van der Waals surface area contributed by atoms with Crippen molar-refractivity contribution in [3.05, 3.63) is 0 Å². The van der Waals surface area contributed by atoms with Gasteiger partial charge in [-0.25, -0.2) is 0 Å². The molecule has 1 aliphatic heterocycles. The van der Waals surface area contributed by atoms with Gasteiger partial charge in [0.05, 0.1) is 6.10 Å². The highest BCUT2D eigenvalue weighted by molar-refractivity contribution is 4.90. The van der Waals surface area contributed by atoms with Crippen LogP contribution >= 0.6 is 0 Å². The smallest absolute Gasteiger partial charge is 0.0693 e. The molecule has 0 radical (unpaired) electrons. The number of aliphatic hydroxyl groups excluding tert-OH is 1. The monoisotopic (exact) mass is 238 g/mol. The summed E-state index contributed by atoms with van der Waals surface area (Å²) in [5, 5.41) is 13.5. The Kier molecular flexibility index (Phi) is 3.69. The van der Waals surface area contributed by atoms with Crippen LogP contribution in [0.5, 0.6) is 0 Å². The fourth-order valence-corrected chi connectivity index (χ4v) is 3.47. The Bertz CT molecular complexity index is 255. The van der Waals surface area contributed by atoms with Crippen molar-refractivity contribution in [2.45, 2.75) is 63.1 Å². The van der Waals surface area contributed by atoms with E-state index in [2.05, 4.69) is 10.2 Å². The Labute approximate surface area is 105 Å². The van der Waals surface area contributed by atoms with Crippen molar-refractivity contribution in [3.8, 4) is 0 Å². The summed E-state index contributed by atoms with van der Waals surface area (Å²) in [5.74, 6) is 0.824. The maximum Gasteiger partial charge on any atom is 0.0693 e. The number of rotatable bonds is 4. The molecule has 0 amide bonds. The molecule has 1 heterocycles. The third kappa shape index (κ3) is 3.01. The lowest BCUT2D eigenvalue weighted by molar-refractivity contribution is 0.0889. The van der Waals surface area contributed by atoms with Crippen LogP contribution in [0.3, 0.4) is 0 Å². The zero-order chi connectivity index (χ0) is 11.7. The van der Waals surface area contributed by atoms with Gasteiger partial charge in [0, 0.05) is 18.6 Å². The van der Waals surface area contributed by atoms with Crippen molar-refractivity contribution in [1.29, 1.82) is 0 Å². The standard InChI is InChI=1S/C14H26N2O/c17-14-4-2-1-3-13(14)15-9-11-7-8-16(10-11)12-5-6-12/h11-15,17H,1-10H2/t11?,13-,14-/m0/s1. The Hall–Kier alpha value is -0.120. The van der Waals surface area contributed by atoms with Crippen molar-refractivity contribution >= 4 is 0 Å². The van der Waals surface area contributed by atoms with E-state index in [0.717, 1.165) is 24.9 Å². The molecule has 0 aromatic heterocycles. The Balaban J connectivity index is 1.39. The Morgan fingerprint density at radius 1 is 1.06 bits per heavy atom. The molecule has 3 atom stereocenters. The van der Waals surface area contributed by atoms with Gasteiger partial charge in [-0.05, 0) is 51.1 Å². The molecule has 1 unspecified atom stereocenters. The van der Waals surface area contributed by atoms with Gasteiger partial charge in [-0.2, -0.15) is 0 Å². The van der Waals surface area contributed by atoms with Crippen LogP contribution in [0.1, 0.15) is 44.9 Å². The van der Waals surface area contributed by atoms with E-state index in [-0.39, 0.29) is 6.10 Å². The number of likely N-dealkylation sites (tertiary alicyclic amines) is 1. The van der Waals surface area contributed by atoms with Crippen LogP contribution in [0.4, 0.5) is 0 Å². The Morgan fingerprint density at radius 3 is 2.65 bits per heavy atom. The van der Waals surface area contributed by atoms with Crippen LogP contribution in [0.25, 0.3) is 0 Å². The molecule has 1 saturated heterocycles. The maximum atomic E-state index is 9.92. The number of nitrogens with one attached hydrogen (secondary N) is 1. The average Bonchev–Trinajstić information content (AvgIpc) is 3.08. The van der Waals surface area contributed by atoms with Crippen molar-refractivity contribution < 1.29 is 5.11 Å². The van der Waals surface area contributed by atoms with E-state index < -0.39 is 0 Å². The molecule has 3 heteroatoms. The largest absolute Gasteiger partial charge is 0.392 e. The van der Waals surface area contributed by atoms with Gasteiger partial charge in [0.15, 0.2) is 0 Å². The van der Waals surface area contributed by atoms with Crippen LogP contribution in [-0.2, 0) is 0 Å². The van der Waals surface area contributed by atoms with Gasteiger partial charge >= 0.3 is 0 Å². The second-order valence-corrected chi connectivity index (χ2v) is 6.25. The minimum absolute atomic E-state index is 0.0929. The molecule has 3 rings (SSSR count). The van der Waals surface area contributed by atoms with Gasteiger partial charge in [-0.1, -0.05) is 12.8 Å². The molecule has 3 aliphatic rings. The van der Waals surface area contributed by atoms with E-state index in [1.54, 1.807) is 0 Å². The van der Waals surface area contributed by atoms with Crippen molar-refractivity contribution in [2.75, 3.05) is 19.6 Å². The fourth-order valence-electron chi connectivity index (χ4n) is 3.47. The summed E-state index contributed by atoms with van der Waals surface area (Å²) in [6, 6.07) is 1.30. The van der Waals surface area contributed by atoms with E-state index >= 15 is 0 Å². The van der Waals surface area contributed by atoms with Gasteiger partial charge in [-0.3, -0.25) is 0 Å². The third-order valence-electron chi connectivity index (χ3n) is 4.78. The summed E-state index contributed by atoms with van der Waals surface area (Å²) in [6.45, 7) is 3.72. The van der Waals surface area contributed by atoms with E-state index in [1.165, 1.54) is 51.6 Å². The molecule has 17 heavy (non-hydrogen) atoms. The molecular weight excluding hydrogens is 212 g/mol. The zero-order valence-corrected chi connectivity index (χ0v) is 10.8. The first-order valence-corrected chi connectivity index (χ1v) is 7.48. The van der Waals surface area contributed by atoms with Gasteiger partial charge in [0.1, 0.15) is 0 Å². The maximum absolute atomic E-state index is 9.92. The summed E-state index contributed by atoms with van der Waals surface area (Å²) in [6.07, 6.45) is 8.78. The van der Waals surface area contributed by atoms with Gasteiger partial charge in [0.25, 0.3) is 0 Å². The zero-order valence-electron chi connectivity index (χ0n) is 10.8. The second-order valence-electron chi connectivity index (χ2n) is 6.25. The predicted octanol–water partition coefficient (Wildman–Crippen LogP) is 1.36. The molecule has 0 aromatic carbocycles. The summed E-state index contributed by atoms with van der Waals surface area (Å²) in [5.41, 5.74) is 0. The summed E-state index contributed by atoms with van der Waals surface area (Å²) in [7, 11) is 0. The van der Waals surface area contributed by atoms with E-state index in [4.69, 9.17) is 0 Å². The minimum atomic E-state index is -0.0929. The molecular formula is C14H26N2O. The quantitative estimate of drug-likeness (QED) is 0.776. The molecule has 2 N–H and O–H groups in total. The van der Waals surface area contributed by atoms with Crippen LogP contribution in [-0.4, -0.2) is 47.8 Å². The van der Waals surface area contributed by atoms with Crippen molar-refractivity contribution in [3.63, 3.8) is 0 Å². The first-order chi connectivity index (χ1) is 8.33. The van der Waals surface area contributed by atoms with E-state index in [1.807, 2.05) is 0 Å². The minimum Gasteiger partial charge on any atom is -0.392 e. The second kappa shape index (κ2) is 5.25. The van der Waals surface area contributed by atoms with Crippen molar-refractivity contribution in [2.24, 2.45) is 5.92 Å². The SMILES string of the molecule is O[C@H]1CCCC[C@@H]1NCC1CCN(C2CC2)C1. The van der Waals surface area contributed by atoms with Crippen molar-refractivity contribution in [1.82, 2.24) is 10.2 Å². The molecule has 3 nitrogen and oxygen atoms in total. The predicted molar refractivity (Wildman–Crippen MR) is 69.0 cm³/mol. The number of aliphatic hydroxyl groups is 1. The Morgan fingerprint density at radius 2 is 1.88 bits per heavy atom. The van der Waals surface area contributed by atoms with Gasteiger partial charge in [0.2, 0.25) is 0 Å². The van der Waals surface area contributed by atoms with Crippen LogP contribution in [0, 0.1) is 5.92 Å². The summed E-state index contributed by atoms with van der Waals surface area (Å²) in [4.78, 5) is 2.67. The molecule has 0 spiro atoms. The van der Waals surface area contributed by atoms with Crippen LogP contribution < -0.4 is 5.32 Å². The normalized spacial score (nSPS) is 39.7. The number of hydrogen-bond donors (Lipinski definition) is 2. The molecule has 0 aromatic rings. The first kappa shape index (κ1) is 11.9. The molecule has 0 bridgehead atoms. The molecule has 2 aliphatic carbocycles. The number of nitrogens with zero attached hydrogens (tertiary/aromatic N) is 1. The highest BCUT2D eigenvalue weighted by Gasteiger charge is 2.34. The lowest BCUT2D eigenvalue weighted by Gasteiger charge is -2.29. The average molecular weight is 238 g/mol. The topological polar surface area (TPSA) is 35.5 Å². The lowest BCUT2D eigenvalue weighted by Crippen LogP contribution is -2.44. The van der Waals surface area contributed by atoms with Gasteiger partial charge in [-0.15, -0.1) is 0 Å². The molecule has 98 valence electrons. The van der Waals surface area contributed by atoms with Gasteiger partial charge < -0.3 is 15.3 Å². The highest BCUT2D eigenvalue weighted by Crippen LogP contribution is 2.31. The summed E-state index contributed by atoms with van der Waals surface area (Å²) >= 11 is 0. The van der Waals surface area contributed by atoms with Crippen LogP contribution in [0.2, 0.25) is 0 Å². The lowest BCUT2D eigenvalue weighted by atomic mass is 9.92. The molecule has 3 fully saturated rings. The van der Waals surface area contributed by atoms with E-state index in [0.29, 0.717) is 6.04 Å². The fraction of sp³-hybridized carbons (Fsp3) is 1.00. The number of hydrogen-bond acceptors (Lipinski definition) is 3.